The number of nitrogens with zero attached hydrogens (tertiary/aromatic N) is 7. The van der Waals surface area contributed by atoms with Gasteiger partial charge in [0.05, 0.1) is 37.9 Å². The van der Waals surface area contributed by atoms with Crippen LogP contribution in [0.3, 0.4) is 0 Å². The molecule has 3 aromatic carbocycles. The zero-order valence-corrected chi connectivity index (χ0v) is 30.7. The second kappa shape index (κ2) is 17.5. The van der Waals surface area contributed by atoms with Crippen molar-refractivity contribution in [2.75, 3.05) is 55.8 Å². The highest BCUT2D eigenvalue weighted by molar-refractivity contribution is 6.35. The normalized spacial score (nSPS) is 16.0. The van der Waals surface area contributed by atoms with Crippen molar-refractivity contribution in [3.63, 3.8) is 0 Å². The maximum absolute atomic E-state index is 13.1. The summed E-state index contributed by atoms with van der Waals surface area (Å²) >= 11 is 12.5. The molecule has 13 heteroatoms. The second-order valence-electron chi connectivity index (χ2n) is 13.4. The lowest BCUT2D eigenvalue weighted by Gasteiger charge is -2.37. The van der Waals surface area contributed by atoms with Crippen LogP contribution in [-0.4, -0.2) is 76.0 Å². The van der Waals surface area contributed by atoms with Gasteiger partial charge in [0.15, 0.2) is 0 Å². The van der Waals surface area contributed by atoms with E-state index in [2.05, 4.69) is 44.1 Å². The lowest BCUT2D eigenvalue weighted by atomic mass is 9.96. The van der Waals surface area contributed by atoms with Gasteiger partial charge in [0, 0.05) is 66.5 Å². The van der Waals surface area contributed by atoms with Gasteiger partial charge in [0.1, 0.15) is 24.8 Å². The Balaban J connectivity index is 0.894. The molecular weight excluding hydrogens is 701 g/mol. The minimum Gasteiger partial charge on any atom is -0.491 e. The Morgan fingerprint density at radius 3 is 2.17 bits per heavy atom. The van der Waals surface area contributed by atoms with Gasteiger partial charge in [-0.3, -0.25) is 0 Å². The van der Waals surface area contributed by atoms with Crippen molar-refractivity contribution in [2.24, 2.45) is 0 Å². The van der Waals surface area contributed by atoms with Crippen LogP contribution in [0.2, 0.25) is 10.0 Å². The van der Waals surface area contributed by atoms with Gasteiger partial charge in [-0.25, -0.2) is 19.0 Å². The SMILES string of the molecule is O=c1n(-c2ccc(N3CCN(c4ccc(OC[C@H](COCCn5ccnc5)OCc5ccc(Cl)cc5Cl)cc4)CC3)cc2)cnn1C1CCCCC1. The van der Waals surface area contributed by atoms with Crippen molar-refractivity contribution < 1.29 is 14.2 Å². The maximum atomic E-state index is 13.1. The number of imidazole rings is 1. The van der Waals surface area contributed by atoms with Gasteiger partial charge in [-0.15, -0.1) is 0 Å². The highest BCUT2D eigenvalue weighted by Gasteiger charge is 2.21. The van der Waals surface area contributed by atoms with Crippen LogP contribution in [0, 0.1) is 0 Å². The van der Waals surface area contributed by atoms with E-state index >= 15 is 0 Å². The summed E-state index contributed by atoms with van der Waals surface area (Å²) in [5.41, 5.74) is 3.96. The van der Waals surface area contributed by atoms with E-state index in [1.807, 2.05) is 41.1 Å². The summed E-state index contributed by atoms with van der Waals surface area (Å²) in [6, 6.07) is 22.1. The Bertz CT molecular complexity index is 1900. The first-order valence-corrected chi connectivity index (χ1v) is 18.8. The van der Waals surface area contributed by atoms with Crippen LogP contribution in [0.25, 0.3) is 5.69 Å². The standard InChI is InChI=1S/C39H45Cl2N7O4/c40-31-7-6-30(38(41)24-31)25-51-37(26-50-23-22-44-17-16-42-28-44)27-52-36-14-12-33(13-15-36)46-20-18-45(19-21-46)32-8-10-34(11-9-32)47-29-43-48(39(47)49)35-4-2-1-3-5-35/h6-17,24,28-29,35,37H,1-5,18-23,25-27H2/t37-/m0/s1. The molecule has 1 aliphatic heterocycles. The minimum atomic E-state index is -0.309. The topological polar surface area (TPSA) is 91.8 Å². The molecule has 2 aliphatic rings. The van der Waals surface area contributed by atoms with E-state index in [0.717, 1.165) is 80.2 Å². The summed E-state index contributed by atoms with van der Waals surface area (Å²) < 4.78 is 23.6. The van der Waals surface area contributed by atoms with Gasteiger partial charge >= 0.3 is 5.69 Å². The highest BCUT2D eigenvalue weighted by Crippen LogP contribution is 2.27. The van der Waals surface area contributed by atoms with Crippen LogP contribution >= 0.6 is 23.2 Å². The summed E-state index contributed by atoms with van der Waals surface area (Å²) in [5, 5.41) is 5.60. The van der Waals surface area contributed by atoms with Crippen molar-refractivity contribution in [2.45, 2.75) is 57.4 Å². The number of piperazine rings is 1. The molecule has 2 aromatic heterocycles. The summed E-state index contributed by atoms with van der Waals surface area (Å²) in [5.74, 6) is 0.766. The highest BCUT2D eigenvalue weighted by atomic mass is 35.5. The fourth-order valence-corrected chi connectivity index (χ4v) is 7.32. The third-order valence-corrected chi connectivity index (χ3v) is 10.5. The van der Waals surface area contributed by atoms with Crippen LogP contribution in [0.15, 0.2) is 96.6 Å². The monoisotopic (exact) mass is 745 g/mol. The average Bonchev–Trinajstić information content (AvgIpc) is 3.85. The summed E-state index contributed by atoms with van der Waals surface area (Å²) in [4.78, 5) is 22.0. The largest absolute Gasteiger partial charge is 0.491 e. The Hall–Kier alpha value is -4.29. The average molecular weight is 747 g/mol. The van der Waals surface area contributed by atoms with Crippen molar-refractivity contribution in [1.82, 2.24) is 23.9 Å². The molecule has 7 rings (SSSR count). The molecule has 11 nitrogen and oxygen atoms in total. The number of anilines is 2. The van der Waals surface area contributed by atoms with Crippen molar-refractivity contribution in [3.8, 4) is 11.4 Å². The van der Waals surface area contributed by atoms with Crippen LogP contribution in [0.1, 0.15) is 43.7 Å². The lowest BCUT2D eigenvalue weighted by molar-refractivity contribution is -0.0460. The van der Waals surface area contributed by atoms with E-state index in [1.54, 1.807) is 40.2 Å². The molecule has 2 fully saturated rings. The number of hydrogen-bond donors (Lipinski definition) is 0. The Kier molecular flexibility index (Phi) is 12.1. The summed E-state index contributed by atoms with van der Waals surface area (Å²) in [6.07, 6.45) is 12.4. The van der Waals surface area contributed by atoms with E-state index in [1.165, 1.54) is 6.42 Å². The Morgan fingerprint density at radius 1 is 0.808 bits per heavy atom. The van der Waals surface area contributed by atoms with Gasteiger partial charge in [-0.2, -0.15) is 5.10 Å². The van der Waals surface area contributed by atoms with E-state index in [9.17, 15) is 4.79 Å². The zero-order chi connectivity index (χ0) is 35.7. The molecule has 0 unspecified atom stereocenters. The molecular formula is C39H45Cl2N7O4. The molecule has 274 valence electrons. The van der Waals surface area contributed by atoms with Crippen LogP contribution < -0.4 is 20.2 Å². The van der Waals surface area contributed by atoms with Gasteiger partial charge in [0.2, 0.25) is 0 Å². The summed E-state index contributed by atoms with van der Waals surface area (Å²) in [6.45, 7) is 5.83. The second-order valence-corrected chi connectivity index (χ2v) is 14.2. The minimum absolute atomic E-state index is 0.0520. The molecule has 1 saturated heterocycles. The number of benzene rings is 3. The molecule has 52 heavy (non-hydrogen) atoms. The van der Waals surface area contributed by atoms with Gasteiger partial charge in [0.25, 0.3) is 0 Å². The van der Waals surface area contributed by atoms with Crippen molar-refractivity contribution in [1.29, 1.82) is 0 Å². The Morgan fingerprint density at radius 2 is 1.50 bits per heavy atom. The van der Waals surface area contributed by atoms with E-state index in [4.69, 9.17) is 37.4 Å². The van der Waals surface area contributed by atoms with Gasteiger partial charge < -0.3 is 28.6 Å². The van der Waals surface area contributed by atoms with Crippen LogP contribution in [0.5, 0.6) is 5.75 Å². The van der Waals surface area contributed by atoms with E-state index in [-0.39, 0.29) is 17.8 Å². The number of rotatable bonds is 15. The third-order valence-electron chi connectivity index (χ3n) is 9.87. The molecule has 0 radical (unpaired) electrons. The van der Waals surface area contributed by atoms with Crippen LogP contribution in [-0.2, 0) is 22.6 Å². The molecule has 1 saturated carbocycles. The molecule has 0 amide bonds. The van der Waals surface area contributed by atoms with E-state index < -0.39 is 0 Å². The first kappa shape index (κ1) is 36.1. The van der Waals surface area contributed by atoms with Gasteiger partial charge in [-0.05, 0) is 79.1 Å². The molecule has 0 N–H and O–H groups in total. The third kappa shape index (κ3) is 9.19. The molecule has 3 heterocycles. The Labute approximate surface area is 314 Å². The molecule has 5 aromatic rings. The molecule has 0 spiro atoms. The fraction of sp³-hybridized carbons (Fsp3) is 0.410. The van der Waals surface area contributed by atoms with Gasteiger partial charge in [-0.1, -0.05) is 48.5 Å². The molecule has 0 bridgehead atoms. The van der Waals surface area contributed by atoms with Crippen molar-refractivity contribution in [3.05, 3.63) is 118 Å². The molecule has 1 aliphatic carbocycles. The predicted octanol–water partition coefficient (Wildman–Crippen LogP) is 7.05. The predicted molar refractivity (Wildman–Crippen MR) is 204 cm³/mol. The first-order chi connectivity index (χ1) is 25.5. The van der Waals surface area contributed by atoms with E-state index in [0.29, 0.717) is 43.0 Å². The fourth-order valence-electron chi connectivity index (χ4n) is 6.85. The summed E-state index contributed by atoms with van der Waals surface area (Å²) in [7, 11) is 0. The first-order valence-electron chi connectivity index (χ1n) is 18.1. The van der Waals surface area contributed by atoms with Crippen LogP contribution in [0.4, 0.5) is 11.4 Å². The maximum Gasteiger partial charge on any atom is 0.350 e. The number of hydrogen-bond acceptors (Lipinski definition) is 8. The lowest BCUT2D eigenvalue weighted by Crippen LogP contribution is -2.46. The quantitative estimate of drug-likeness (QED) is 0.105. The molecule has 1 atom stereocenters. The van der Waals surface area contributed by atoms with Crippen molar-refractivity contribution >= 4 is 34.6 Å². The zero-order valence-electron chi connectivity index (χ0n) is 29.2. The number of halogens is 2. The smallest absolute Gasteiger partial charge is 0.350 e. The number of ether oxygens (including phenoxy) is 3. The number of aromatic nitrogens is 5.